The highest BCUT2D eigenvalue weighted by atomic mass is 31.2. The van der Waals surface area contributed by atoms with Gasteiger partial charge in [-0.15, -0.1) is 0 Å². The Labute approximate surface area is 683 Å². The van der Waals surface area contributed by atoms with Gasteiger partial charge in [-0.25, -0.2) is 9.13 Å². The lowest BCUT2D eigenvalue weighted by molar-refractivity contribution is -0.161. The highest BCUT2D eigenvalue weighted by Gasteiger charge is 2.31. The number of esters is 4. The van der Waals surface area contributed by atoms with Crippen LogP contribution in [0.1, 0.15) is 492 Å². The van der Waals surface area contributed by atoms with Crippen molar-refractivity contribution in [2.45, 2.75) is 510 Å². The second kappa shape index (κ2) is 81.8. The molecule has 2 unspecified atom stereocenters. The highest BCUT2D eigenvalue weighted by Crippen LogP contribution is 2.45. The van der Waals surface area contributed by atoms with E-state index in [-0.39, 0.29) is 25.7 Å². The van der Waals surface area contributed by atoms with Crippen LogP contribution in [0.5, 0.6) is 0 Å². The molecular weight excluding hydrogens is 1440 g/mol. The number of unbranched alkanes of at least 4 members (excludes halogenated alkanes) is 58. The number of phosphoric ester groups is 2. The SMILES string of the molecule is CCCCCCCCCCCCC(=O)OC[C@H](COP(=O)(O)OC[C@H](O)COP(=O)(O)OC[C@@H](COC(=O)CCCCCCCCCCCCCCCCCCCCC(C)C)OC(=O)CCCCCCCCCCCCCCCCCCCCC(C)C)OC(=O)CCCCCCCCCCCCCCCCCCC(C)C. The van der Waals surface area contributed by atoms with Gasteiger partial charge in [0.2, 0.25) is 0 Å². The number of ether oxygens (including phenoxy) is 4. The first-order valence-corrected chi connectivity index (χ1v) is 50.3. The molecule has 660 valence electrons. The molecule has 17 nitrogen and oxygen atoms in total. The third-order valence-electron chi connectivity index (χ3n) is 21.6. The molecule has 0 amide bonds. The first-order chi connectivity index (χ1) is 53.7. The monoisotopic (exact) mass is 1620 g/mol. The molecule has 0 aliphatic heterocycles. The highest BCUT2D eigenvalue weighted by molar-refractivity contribution is 7.47. The van der Waals surface area contributed by atoms with E-state index in [2.05, 4.69) is 48.5 Å². The molecule has 0 aromatic heterocycles. The molecule has 5 atom stereocenters. The Bertz CT molecular complexity index is 2130. The molecule has 0 aromatic carbocycles. The van der Waals surface area contributed by atoms with Gasteiger partial charge in [-0.1, -0.05) is 440 Å². The predicted octanol–water partition coefficient (Wildman–Crippen LogP) is 28.4. The quantitative estimate of drug-likeness (QED) is 0.0222. The van der Waals surface area contributed by atoms with Crippen LogP contribution in [0.25, 0.3) is 0 Å². The Hall–Kier alpha value is -1.94. The average Bonchev–Trinajstić information content (AvgIpc) is 0.899. The van der Waals surface area contributed by atoms with Crippen LogP contribution >= 0.6 is 15.6 Å². The first-order valence-electron chi connectivity index (χ1n) is 47.3. The van der Waals surface area contributed by atoms with Crippen LogP contribution in [-0.2, 0) is 65.4 Å². The molecule has 0 aliphatic carbocycles. The smallest absolute Gasteiger partial charge is 0.462 e. The predicted molar refractivity (Wildman–Crippen MR) is 460 cm³/mol. The zero-order chi connectivity index (χ0) is 81.5. The van der Waals surface area contributed by atoms with Gasteiger partial charge in [0, 0.05) is 25.7 Å². The van der Waals surface area contributed by atoms with Crippen molar-refractivity contribution >= 4 is 39.5 Å². The summed E-state index contributed by atoms with van der Waals surface area (Å²) in [6.45, 7) is 12.1. The van der Waals surface area contributed by atoms with Crippen LogP contribution in [0.4, 0.5) is 0 Å². The van der Waals surface area contributed by atoms with Gasteiger partial charge in [-0.05, 0) is 43.4 Å². The van der Waals surface area contributed by atoms with E-state index in [9.17, 15) is 43.2 Å². The summed E-state index contributed by atoms with van der Waals surface area (Å²) in [7, 11) is -9.94. The fourth-order valence-electron chi connectivity index (χ4n) is 14.4. The standard InChI is InChI=1S/C92H180O17P2/c1-8-9-10-11-12-13-45-52-59-66-73-89(94)102-79-87(108-91(96)76-69-62-55-48-41-35-29-23-22-26-32-38-44-51-58-65-72-85(6)7)81-106-110(98,99)104-77-86(93)78-105-111(100,101)107-82-88(109-92(97)75-68-61-54-47-40-34-28-21-17-15-19-25-31-37-43-50-57-64-71-84(4)5)80-103-90(95)74-67-60-53-46-39-33-27-20-16-14-18-24-30-36-42-49-56-63-70-83(2)3/h83-88,93H,8-82H2,1-7H3,(H,98,99)(H,100,101)/t86-,87+,88+/m0/s1. The molecule has 0 bridgehead atoms. The molecule has 19 heteroatoms. The summed E-state index contributed by atoms with van der Waals surface area (Å²) >= 11 is 0. The molecule has 3 N–H and O–H groups in total. The van der Waals surface area contributed by atoms with Crippen molar-refractivity contribution in [1.29, 1.82) is 0 Å². The number of aliphatic hydroxyl groups is 1. The Kier molecular flexibility index (Phi) is 80.4. The summed E-state index contributed by atoms with van der Waals surface area (Å²) in [5.74, 6) is 0.356. The maximum Gasteiger partial charge on any atom is 0.472 e. The molecule has 0 rings (SSSR count). The fourth-order valence-corrected chi connectivity index (χ4v) is 16.0. The number of hydrogen-bond donors (Lipinski definition) is 3. The van der Waals surface area contributed by atoms with Gasteiger partial charge >= 0.3 is 39.5 Å². The number of rotatable bonds is 90. The number of carbonyl (C=O) groups is 4. The van der Waals surface area contributed by atoms with Gasteiger partial charge in [-0.3, -0.25) is 37.3 Å². The van der Waals surface area contributed by atoms with E-state index in [1.165, 1.54) is 302 Å². The third-order valence-corrected chi connectivity index (χ3v) is 23.5. The molecule has 0 spiro atoms. The van der Waals surface area contributed by atoms with E-state index >= 15 is 0 Å². The topological polar surface area (TPSA) is 237 Å². The number of carbonyl (C=O) groups excluding carboxylic acids is 4. The van der Waals surface area contributed by atoms with Crippen molar-refractivity contribution in [3.63, 3.8) is 0 Å². The molecule has 0 saturated heterocycles. The van der Waals surface area contributed by atoms with Crippen molar-refractivity contribution in [3.8, 4) is 0 Å². The molecule has 0 aliphatic rings. The Balaban J connectivity index is 5.21. The summed E-state index contributed by atoms with van der Waals surface area (Å²) < 4.78 is 69.1. The lowest BCUT2D eigenvalue weighted by Gasteiger charge is -2.21. The van der Waals surface area contributed by atoms with Crippen molar-refractivity contribution < 1.29 is 80.2 Å². The minimum atomic E-state index is -4.97. The summed E-state index contributed by atoms with van der Waals surface area (Å²) in [6.07, 6.45) is 75.1. The molecule has 0 fully saturated rings. The van der Waals surface area contributed by atoms with Crippen LogP contribution in [0, 0.1) is 17.8 Å². The van der Waals surface area contributed by atoms with Crippen LogP contribution in [-0.4, -0.2) is 96.7 Å². The van der Waals surface area contributed by atoms with E-state index in [4.69, 9.17) is 37.0 Å². The third kappa shape index (κ3) is 85.8. The molecule has 0 aromatic rings. The van der Waals surface area contributed by atoms with Crippen LogP contribution in [0.2, 0.25) is 0 Å². The molecular formula is C92H180O17P2. The number of phosphoric acid groups is 2. The maximum atomic E-state index is 13.2. The van der Waals surface area contributed by atoms with E-state index in [1.54, 1.807) is 0 Å². The van der Waals surface area contributed by atoms with Crippen molar-refractivity contribution in [1.82, 2.24) is 0 Å². The normalized spacial score (nSPS) is 13.8. The summed E-state index contributed by atoms with van der Waals surface area (Å²) in [5.41, 5.74) is 0. The van der Waals surface area contributed by atoms with Gasteiger partial charge in [0.05, 0.1) is 26.4 Å². The fraction of sp³-hybridized carbons (Fsp3) is 0.957. The number of hydrogen-bond acceptors (Lipinski definition) is 15. The van der Waals surface area contributed by atoms with Gasteiger partial charge in [0.15, 0.2) is 12.2 Å². The molecule has 0 saturated carbocycles. The van der Waals surface area contributed by atoms with Crippen LogP contribution in [0.3, 0.4) is 0 Å². The van der Waals surface area contributed by atoms with E-state index in [1.807, 2.05) is 0 Å². The van der Waals surface area contributed by atoms with Gasteiger partial charge < -0.3 is 33.8 Å². The van der Waals surface area contributed by atoms with Crippen molar-refractivity contribution in [3.05, 3.63) is 0 Å². The first kappa shape index (κ1) is 109. The Morgan fingerprint density at radius 3 is 0.613 bits per heavy atom. The van der Waals surface area contributed by atoms with Gasteiger partial charge in [-0.2, -0.15) is 0 Å². The summed E-state index contributed by atoms with van der Waals surface area (Å²) in [4.78, 5) is 73.4. The largest absolute Gasteiger partial charge is 0.472 e. The summed E-state index contributed by atoms with van der Waals surface area (Å²) in [5, 5.41) is 10.7. The van der Waals surface area contributed by atoms with E-state index < -0.39 is 97.5 Å². The Morgan fingerprint density at radius 2 is 0.414 bits per heavy atom. The zero-order valence-corrected chi connectivity index (χ0v) is 75.2. The minimum Gasteiger partial charge on any atom is -0.462 e. The van der Waals surface area contributed by atoms with Crippen LogP contribution in [0.15, 0.2) is 0 Å². The minimum absolute atomic E-state index is 0.108. The second-order valence-electron chi connectivity index (χ2n) is 34.5. The van der Waals surface area contributed by atoms with Crippen molar-refractivity contribution in [2.75, 3.05) is 39.6 Å². The van der Waals surface area contributed by atoms with E-state index in [0.29, 0.717) is 25.7 Å². The average molecular weight is 1620 g/mol. The summed E-state index contributed by atoms with van der Waals surface area (Å²) in [6, 6.07) is 0. The lowest BCUT2D eigenvalue weighted by Crippen LogP contribution is -2.30. The van der Waals surface area contributed by atoms with Crippen LogP contribution < -0.4 is 0 Å². The van der Waals surface area contributed by atoms with Gasteiger partial charge in [0.1, 0.15) is 19.3 Å². The zero-order valence-electron chi connectivity index (χ0n) is 73.4. The number of aliphatic hydroxyl groups excluding tert-OH is 1. The Morgan fingerprint density at radius 1 is 0.243 bits per heavy atom. The maximum absolute atomic E-state index is 13.2. The lowest BCUT2D eigenvalue weighted by atomic mass is 10.0. The molecule has 0 radical (unpaired) electrons. The second-order valence-corrected chi connectivity index (χ2v) is 37.4. The molecule has 111 heavy (non-hydrogen) atoms. The van der Waals surface area contributed by atoms with Crippen molar-refractivity contribution in [2.24, 2.45) is 17.8 Å². The van der Waals surface area contributed by atoms with E-state index in [0.717, 1.165) is 108 Å². The molecule has 0 heterocycles. The van der Waals surface area contributed by atoms with Gasteiger partial charge in [0.25, 0.3) is 0 Å².